The maximum absolute atomic E-state index is 14.0. The highest BCUT2D eigenvalue weighted by Crippen LogP contribution is 2.29. The maximum atomic E-state index is 14.0. The van der Waals surface area contributed by atoms with Crippen molar-refractivity contribution in [1.82, 2.24) is 15.1 Å². The molecule has 0 spiro atoms. The molecule has 20 heavy (non-hydrogen) atoms. The highest BCUT2D eigenvalue weighted by molar-refractivity contribution is 5.81. The van der Waals surface area contributed by atoms with Crippen molar-refractivity contribution in [2.45, 2.75) is 25.0 Å². The molecule has 0 aromatic heterocycles. The first-order valence-corrected chi connectivity index (χ1v) is 7.14. The zero-order chi connectivity index (χ0) is 14.1. The molecule has 4 nitrogen and oxygen atoms in total. The lowest BCUT2D eigenvalue weighted by Gasteiger charge is -2.38. The summed E-state index contributed by atoms with van der Waals surface area (Å²) in [6.07, 6.45) is 1.73. The van der Waals surface area contributed by atoms with E-state index < -0.39 is 0 Å². The van der Waals surface area contributed by atoms with Crippen LogP contribution in [0, 0.1) is 5.82 Å². The van der Waals surface area contributed by atoms with Gasteiger partial charge in [-0.15, -0.1) is 0 Å². The first kappa shape index (κ1) is 13.5. The standard InChI is InChI=1S/C15H20FN3O/c1-18-8-4-5-11(10-18)19-14(20)9-17-15(19)12-6-2-3-7-13(12)16/h2-3,6-7,11,15,17H,4-5,8-10H2,1H3. The minimum Gasteiger partial charge on any atom is -0.317 e. The van der Waals surface area contributed by atoms with Crippen LogP contribution < -0.4 is 5.32 Å². The zero-order valence-corrected chi connectivity index (χ0v) is 11.7. The van der Waals surface area contributed by atoms with Crippen molar-refractivity contribution in [3.63, 3.8) is 0 Å². The van der Waals surface area contributed by atoms with E-state index in [1.165, 1.54) is 6.07 Å². The van der Waals surface area contributed by atoms with Gasteiger partial charge in [-0.25, -0.2) is 4.39 Å². The van der Waals surface area contributed by atoms with Crippen LogP contribution in [-0.2, 0) is 4.79 Å². The van der Waals surface area contributed by atoms with Gasteiger partial charge in [-0.1, -0.05) is 18.2 Å². The fraction of sp³-hybridized carbons (Fsp3) is 0.533. The van der Waals surface area contributed by atoms with Gasteiger partial charge in [0, 0.05) is 18.2 Å². The van der Waals surface area contributed by atoms with Crippen LogP contribution in [0.2, 0.25) is 0 Å². The summed E-state index contributed by atoms with van der Waals surface area (Å²) in [5.41, 5.74) is 0.562. The summed E-state index contributed by atoms with van der Waals surface area (Å²) in [5.74, 6) is -0.188. The van der Waals surface area contributed by atoms with E-state index in [0.717, 1.165) is 25.9 Å². The van der Waals surface area contributed by atoms with Crippen molar-refractivity contribution in [3.8, 4) is 0 Å². The number of nitrogens with one attached hydrogen (secondary N) is 1. The van der Waals surface area contributed by atoms with Crippen LogP contribution in [0.4, 0.5) is 4.39 Å². The predicted molar refractivity (Wildman–Crippen MR) is 74.5 cm³/mol. The van der Waals surface area contributed by atoms with Gasteiger partial charge >= 0.3 is 0 Å². The van der Waals surface area contributed by atoms with E-state index in [9.17, 15) is 9.18 Å². The van der Waals surface area contributed by atoms with Gasteiger partial charge in [0.05, 0.1) is 6.54 Å². The summed E-state index contributed by atoms with van der Waals surface area (Å²) in [6.45, 7) is 2.22. The molecule has 1 amide bonds. The number of benzene rings is 1. The second kappa shape index (κ2) is 5.50. The number of amides is 1. The summed E-state index contributed by atoms with van der Waals surface area (Å²) in [7, 11) is 2.07. The van der Waals surface area contributed by atoms with Gasteiger partial charge in [0.1, 0.15) is 12.0 Å². The van der Waals surface area contributed by atoms with E-state index in [2.05, 4.69) is 17.3 Å². The molecule has 0 radical (unpaired) electrons. The quantitative estimate of drug-likeness (QED) is 0.886. The molecule has 2 saturated heterocycles. The van der Waals surface area contributed by atoms with Gasteiger partial charge in [0.2, 0.25) is 5.91 Å². The second-order valence-electron chi connectivity index (χ2n) is 5.66. The van der Waals surface area contributed by atoms with Gasteiger partial charge < -0.3 is 9.80 Å². The van der Waals surface area contributed by atoms with Gasteiger partial charge in [-0.05, 0) is 32.5 Å². The van der Waals surface area contributed by atoms with Crippen molar-refractivity contribution in [1.29, 1.82) is 0 Å². The Morgan fingerprint density at radius 2 is 2.15 bits per heavy atom. The Bertz CT molecular complexity index is 508. The Morgan fingerprint density at radius 3 is 2.90 bits per heavy atom. The lowest BCUT2D eigenvalue weighted by atomic mass is 10.0. The molecule has 1 N–H and O–H groups in total. The fourth-order valence-corrected chi connectivity index (χ4v) is 3.25. The minimum absolute atomic E-state index is 0.0681. The average Bonchev–Trinajstić information content (AvgIpc) is 2.81. The molecule has 0 bridgehead atoms. The van der Waals surface area contributed by atoms with Crippen LogP contribution in [0.3, 0.4) is 0 Å². The molecule has 1 aromatic carbocycles. The lowest BCUT2D eigenvalue weighted by Crippen LogP contribution is -2.48. The van der Waals surface area contributed by atoms with Gasteiger partial charge in [0.25, 0.3) is 0 Å². The smallest absolute Gasteiger partial charge is 0.238 e. The summed E-state index contributed by atoms with van der Waals surface area (Å²) >= 11 is 0. The number of carbonyl (C=O) groups excluding carboxylic acids is 1. The van der Waals surface area contributed by atoms with Crippen molar-refractivity contribution in [2.75, 3.05) is 26.7 Å². The molecule has 3 rings (SSSR count). The molecule has 0 aliphatic carbocycles. The Balaban J connectivity index is 1.87. The molecular weight excluding hydrogens is 257 g/mol. The van der Waals surface area contributed by atoms with E-state index >= 15 is 0 Å². The largest absolute Gasteiger partial charge is 0.317 e. The van der Waals surface area contributed by atoms with Crippen molar-refractivity contribution in [3.05, 3.63) is 35.6 Å². The normalized spacial score (nSPS) is 28.1. The minimum atomic E-state index is -0.333. The Morgan fingerprint density at radius 1 is 1.35 bits per heavy atom. The summed E-state index contributed by atoms with van der Waals surface area (Å²) in [5, 5.41) is 3.14. The van der Waals surface area contributed by atoms with Crippen LogP contribution in [0.5, 0.6) is 0 Å². The molecule has 0 saturated carbocycles. The van der Waals surface area contributed by atoms with Crippen molar-refractivity contribution in [2.24, 2.45) is 0 Å². The number of likely N-dealkylation sites (N-methyl/N-ethyl adjacent to an activating group) is 1. The SMILES string of the molecule is CN1CCCC(N2C(=O)CNC2c2ccccc2F)C1. The molecule has 5 heteroatoms. The van der Waals surface area contributed by atoms with Crippen molar-refractivity contribution < 1.29 is 9.18 Å². The number of hydrogen-bond donors (Lipinski definition) is 1. The van der Waals surface area contributed by atoms with E-state index in [-0.39, 0.29) is 23.9 Å². The molecule has 2 aliphatic rings. The monoisotopic (exact) mass is 277 g/mol. The first-order chi connectivity index (χ1) is 9.66. The first-order valence-electron chi connectivity index (χ1n) is 7.14. The molecular formula is C15H20FN3O. The number of nitrogens with zero attached hydrogens (tertiary/aromatic N) is 2. The molecule has 2 atom stereocenters. The lowest BCUT2D eigenvalue weighted by molar-refractivity contribution is -0.131. The number of carbonyl (C=O) groups is 1. The highest BCUT2D eigenvalue weighted by atomic mass is 19.1. The van der Waals surface area contributed by atoms with E-state index in [1.54, 1.807) is 12.1 Å². The van der Waals surface area contributed by atoms with Crippen molar-refractivity contribution >= 4 is 5.91 Å². The fourth-order valence-electron chi connectivity index (χ4n) is 3.25. The van der Waals surface area contributed by atoms with Crippen LogP contribution in [0.25, 0.3) is 0 Å². The molecule has 108 valence electrons. The van der Waals surface area contributed by atoms with Gasteiger partial charge in [-0.3, -0.25) is 10.1 Å². The van der Waals surface area contributed by atoms with Crippen LogP contribution >= 0.6 is 0 Å². The van der Waals surface area contributed by atoms with E-state index in [0.29, 0.717) is 12.1 Å². The molecule has 2 unspecified atom stereocenters. The Hall–Kier alpha value is -1.46. The highest BCUT2D eigenvalue weighted by Gasteiger charge is 2.38. The van der Waals surface area contributed by atoms with Crippen LogP contribution in [0.15, 0.2) is 24.3 Å². The number of hydrogen-bond acceptors (Lipinski definition) is 3. The molecule has 2 fully saturated rings. The Labute approximate surface area is 118 Å². The number of rotatable bonds is 2. The third kappa shape index (κ3) is 2.43. The molecule has 1 aromatic rings. The molecule has 2 heterocycles. The topological polar surface area (TPSA) is 35.6 Å². The predicted octanol–water partition coefficient (Wildman–Crippen LogP) is 1.35. The second-order valence-corrected chi connectivity index (χ2v) is 5.66. The average molecular weight is 277 g/mol. The number of likely N-dealkylation sites (tertiary alicyclic amines) is 1. The number of halogens is 1. The third-order valence-corrected chi connectivity index (χ3v) is 4.21. The van der Waals surface area contributed by atoms with Crippen LogP contribution in [-0.4, -0.2) is 48.4 Å². The van der Waals surface area contributed by atoms with Gasteiger partial charge in [0.15, 0.2) is 0 Å². The number of piperidine rings is 1. The summed E-state index contributed by atoms with van der Waals surface area (Å²) in [4.78, 5) is 16.3. The van der Waals surface area contributed by atoms with Gasteiger partial charge in [-0.2, -0.15) is 0 Å². The molecule has 2 aliphatic heterocycles. The van der Waals surface area contributed by atoms with E-state index in [1.807, 2.05) is 11.0 Å². The Kier molecular flexibility index (Phi) is 3.72. The summed E-state index contributed by atoms with van der Waals surface area (Å²) < 4.78 is 14.0. The van der Waals surface area contributed by atoms with E-state index in [4.69, 9.17) is 0 Å². The maximum Gasteiger partial charge on any atom is 0.238 e. The van der Waals surface area contributed by atoms with Crippen LogP contribution in [0.1, 0.15) is 24.6 Å². The summed E-state index contributed by atoms with van der Waals surface area (Å²) in [6, 6.07) is 6.86. The third-order valence-electron chi connectivity index (χ3n) is 4.21. The zero-order valence-electron chi connectivity index (χ0n) is 11.7.